The quantitative estimate of drug-likeness (QED) is 0.208. The molecule has 0 unspecified atom stereocenters. The molecule has 0 rings (SSSR count). The van der Waals surface area contributed by atoms with E-state index < -0.39 is 0 Å². The number of Topliss-reactive ketones (excluding diaryl/α,β-unsaturated/α-hetero) is 2. The van der Waals surface area contributed by atoms with Crippen LogP contribution in [0, 0.1) is 107 Å². The van der Waals surface area contributed by atoms with Crippen LogP contribution >= 0.6 is 0 Å². The van der Waals surface area contributed by atoms with E-state index >= 15 is 0 Å². The number of carbonyl (C=O) groups excluding carboxylic acids is 3. The van der Waals surface area contributed by atoms with Gasteiger partial charge in [-0.05, 0) is 45.4 Å². The zero-order chi connectivity index (χ0) is 31.4. The Hall–Kier alpha value is 0.0739. The van der Waals surface area contributed by atoms with Crippen LogP contribution in [0.25, 0.3) is 0 Å². The Labute approximate surface area is 297 Å². The Kier molecular flexibility index (Phi) is 25.0. The Balaban J connectivity index is -0.000000150. The standard InChI is InChI=1S/C13H22O.2C11H19O.2U/c1-12(2,3)9-7-11(14)8-10-13(4,5)6;2*1-10(2,3)8-7-9(12)11(4,5)6;;/h7-10H,1-6H3;2*8H,1-6H3;;/q;2*-1;;/b9-7+,10-8?;;;;. The van der Waals surface area contributed by atoms with Gasteiger partial charge in [-0.3, -0.25) is 16.9 Å². The number of allylic oxidation sites excluding steroid dienone is 8. The van der Waals surface area contributed by atoms with E-state index in [0.717, 1.165) is 0 Å². The third-order valence-corrected chi connectivity index (χ3v) is 4.13. The predicted molar refractivity (Wildman–Crippen MR) is 166 cm³/mol. The summed E-state index contributed by atoms with van der Waals surface area (Å²) in [5.41, 5.74) is -0.373. The van der Waals surface area contributed by atoms with Gasteiger partial charge in [0.2, 0.25) is 0 Å². The maximum absolute atomic E-state index is 11.4. The van der Waals surface area contributed by atoms with Crippen molar-refractivity contribution in [1.82, 2.24) is 0 Å². The fraction of sp³-hybridized carbons (Fsp3) is 0.686. The molecular weight excluding hydrogens is 944 g/mol. The minimum Gasteiger partial charge on any atom is -0.430 e. The maximum Gasteiger partial charge on any atom is 0.178 e. The van der Waals surface area contributed by atoms with E-state index in [1.807, 2.05) is 65.8 Å². The molecule has 0 bridgehead atoms. The predicted octanol–water partition coefficient (Wildman–Crippen LogP) is 9.77. The third kappa shape index (κ3) is 40.2. The second kappa shape index (κ2) is 20.1. The fourth-order valence-corrected chi connectivity index (χ4v) is 1.72. The molecule has 5 heteroatoms. The van der Waals surface area contributed by atoms with Gasteiger partial charge < -0.3 is 21.7 Å². The molecule has 0 heterocycles. The van der Waals surface area contributed by atoms with E-state index in [9.17, 15) is 14.4 Å². The van der Waals surface area contributed by atoms with Crippen molar-refractivity contribution in [3.63, 3.8) is 0 Å². The molecule has 0 aromatic heterocycles. The number of ketones is 3. The van der Waals surface area contributed by atoms with Gasteiger partial charge in [-0.25, -0.2) is 0 Å². The minimum absolute atomic E-state index is 0. The maximum atomic E-state index is 11.4. The van der Waals surface area contributed by atoms with Crippen molar-refractivity contribution in [3.8, 4) is 0 Å². The van der Waals surface area contributed by atoms with Gasteiger partial charge in [0.1, 0.15) is 0 Å². The van der Waals surface area contributed by atoms with Gasteiger partial charge in [-0.15, -0.1) is 0 Å². The zero-order valence-corrected chi connectivity index (χ0v) is 37.5. The summed E-state index contributed by atoms with van der Waals surface area (Å²) in [6.45, 7) is 36.2. The molecule has 40 heavy (non-hydrogen) atoms. The summed E-state index contributed by atoms with van der Waals surface area (Å²) in [6, 6.07) is 0. The van der Waals surface area contributed by atoms with Gasteiger partial charge in [0.15, 0.2) is 5.78 Å². The number of carbonyl (C=O) groups is 3. The van der Waals surface area contributed by atoms with Gasteiger partial charge in [-0.2, -0.15) is 0 Å². The first-order valence-electron chi connectivity index (χ1n) is 13.6. The fourth-order valence-electron chi connectivity index (χ4n) is 1.72. The van der Waals surface area contributed by atoms with E-state index in [4.69, 9.17) is 0 Å². The molecule has 0 aliphatic heterocycles. The smallest absolute Gasteiger partial charge is 0.178 e. The van der Waals surface area contributed by atoms with Crippen LogP contribution in [0.5, 0.6) is 0 Å². The molecule has 0 aliphatic carbocycles. The van der Waals surface area contributed by atoms with Crippen molar-refractivity contribution in [2.24, 2.45) is 32.5 Å². The molecule has 0 spiro atoms. The van der Waals surface area contributed by atoms with Crippen LogP contribution in [-0.4, -0.2) is 17.3 Å². The molecule has 0 aliphatic rings. The van der Waals surface area contributed by atoms with Crippen LogP contribution in [-0.2, 0) is 14.4 Å². The molecule has 0 atom stereocenters. The molecule has 0 amide bonds. The topological polar surface area (TPSA) is 51.2 Å². The van der Waals surface area contributed by atoms with Gasteiger partial charge >= 0.3 is 0 Å². The monoisotopic (exact) mass is 1000 g/mol. The summed E-state index contributed by atoms with van der Waals surface area (Å²) < 4.78 is 0. The van der Waals surface area contributed by atoms with E-state index in [1.165, 1.54) is 0 Å². The molecule has 0 saturated carbocycles. The summed E-state index contributed by atoms with van der Waals surface area (Å²) in [5.74, 6) is 0.199. The van der Waals surface area contributed by atoms with E-state index in [1.54, 1.807) is 12.2 Å². The second-order valence-corrected chi connectivity index (χ2v) is 16.3. The summed E-state index contributed by atoms with van der Waals surface area (Å²) >= 11 is 0. The molecule has 3 nitrogen and oxygen atoms in total. The average Bonchev–Trinajstić information content (AvgIpc) is 2.64. The molecular formula is C35H60O3U2-2. The van der Waals surface area contributed by atoms with E-state index in [-0.39, 0.29) is 112 Å². The molecule has 228 valence electrons. The van der Waals surface area contributed by atoms with Crippen LogP contribution in [0.4, 0.5) is 0 Å². The van der Waals surface area contributed by atoms with Crippen molar-refractivity contribution in [1.29, 1.82) is 0 Å². The SMILES string of the molecule is CC(C)(C)C=CC(=O)/C=C/C(C)(C)C.CC(C)(C)C=[C-]C(=O)C(C)(C)C.CC(C)(C)C=[C-]C(=O)C(C)(C)C.[U].[U]. The first kappa shape index (κ1) is 49.7. The van der Waals surface area contributed by atoms with Crippen molar-refractivity contribution in [2.75, 3.05) is 0 Å². The van der Waals surface area contributed by atoms with Crippen LogP contribution < -0.4 is 0 Å². The van der Waals surface area contributed by atoms with Gasteiger partial charge in [0, 0.05) is 62.2 Å². The average molecular weight is 1000 g/mol. The number of rotatable bonds is 4. The van der Waals surface area contributed by atoms with E-state index in [0.29, 0.717) is 0 Å². The van der Waals surface area contributed by atoms with E-state index in [2.05, 4.69) is 95.2 Å². The Morgan fingerprint density at radius 1 is 0.425 bits per heavy atom. The molecule has 0 radical (unpaired) electrons. The van der Waals surface area contributed by atoms with Crippen molar-refractivity contribution >= 4 is 17.3 Å². The third-order valence-electron chi connectivity index (χ3n) is 4.13. The molecule has 0 saturated heterocycles. The molecule has 0 aromatic rings. The van der Waals surface area contributed by atoms with Crippen LogP contribution in [0.3, 0.4) is 0 Å². The number of hydrogen-bond donors (Lipinski definition) is 0. The Morgan fingerprint density at radius 3 is 0.800 bits per heavy atom. The zero-order valence-electron chi connectivity index (χ0n) is 29.2. The Morgan fingerprint density at radius 2 is 0.650 bits per heavy atom. The van der Waals surface area contributed by atoms with Crippen molar-refractivity contribution in [2.45, 2.75) is 125 Å². The normalized spacial score (nSPS) is 13.2. The van der Waals surface area contributed by atoms with Crippen LogP contribution in [0.1, 0.15) is 125 Å². The first-order valence-corrected chi connectivity index (χ1v) is 13.6. The summed E-state index contributed by atoms with van der Waals surface area (Å²) in [5, 5.41) is 0. The van der Waals surface area contributed by atoms with Gasteiger partial charge in [0.05, 0.1) is 0 Å². The van der Waals surface area contributed by atoms with Crippen LogP contribution in [0.15, 0.2) is 36.5 Å². The largest absolute Gasteiger partial charge is 0.430 e. The van der Waals surface area contributed by atoms with Crippen molar-refractivity contribution in [3.05, 3.63) is 48.6 Å². The number of hydrogen-bond acceptors (Lipinski definition) is 3. The molecule has 0 aromatic carbocycles. The second-order valence-electron chi connectivity index (χ2n) is 16.3. The van der Waals surface area contributed by atoms with Gasteiger partial charge in [0.25, 0.3) is 0 Å². The van der Waals surface area contributed by atoms with Crippen LogP contribution in [0.2, 0.25) is 0 Å². The summed E-state index contributed by atoms with van der Waals surface area (Å²) in [6.07, 6.45) is 16.4. The summed E-state index contributed by atoms with van der Waals surface area (Å²) in [7, 11) is 0. The van der Waals surface area contributed by atoms with Gasteiger partial charge in [-0.1, -0.05) is 148 Å². The minimum atomic E-state index is -0.304. The molecule has 0 fully saturated rings. The molecule has 0 N–H and O–H groups in total. The van der Waals surface area contributed by atoms with Crippen molar-refractivity contribution < 1.29 is 76.6 Å². The summed E-state index contributed by atoms with van der Waals surface area (Å²) in [4.78, 5) is 34.1. The first-order chi connectivity index (χ1) is 16.4. The Bertz CT molecular complexity index is 789.